The number of thioether (sulfide) groups is 1. The van der Waals surface area contributed by atoms with Gasteiger partial charge in [0.05, 0.1) is 23.2 Å². The lowest BCUT2D eigenvalue weighted by molar-refractivity contribution is -0.145. The van der Waals surface area contributed by atoms with E-state index in [1.165, 1.54) is 0 Å². The van der Waals surface area contributed by atoms with Gasteiger partial charge in [0.2, 0.25) is 0 Å². The van der Waals surface area contributed by atoms with Crippen molar-refractivity contribution in [3.63, 3.8) is 0 Å². The summed E-state index contributed by atoms with van der Waals surface area (Å²) in [5.74, 6) is -0.854. The van der Waals surface area contributed by atoms with Crippen molar-refractivity contribution < 1.29 is 19.4 Å². The van der Waals surface area contributed by atoms with Gasteiger partial charge in [-0.25, -0.2) is 9.78 Å². The van der Waals surface area contributed by atoms with Crippen molar-refractivity contribution >= 4 is 57.2 Å². The number of carbonyl (C=O) groups is 2. The third-order valence-electron chi connectivity index (χ3n) is 4.63. The highest BCUT2D eigenvalue weighted by Gasteiger charge is 2.41. The Kier molecular flexibility index (Phi) is 5.52. The highest BCUT2D eigenvalue weighted by Crippen LogP contribution is 2.38. The van der Waals surface area contributed by atoms with Crippen molar-refractivity contribution in [2.45, 2.75) is 6.04 Å². The van der Waals surface area contributed by atoms with Crippen LogP contribution in [-0.4, -0.2) is 38.3 Å². The van der Waals surface area contributed by atoms with Gasteiger partial charge in [-0.05, 0) is 35.9 Å². The molecule has 1 saturated heterocycles. The number of pyridine rings is 1. The highest BCUT2D eigenvalue weighted by molar-refractivity contribution is 8.26. The van der Waals surface area contributed by atoms with Gasteiger partial charge in [0.1, 0.15) is 10.1 Å². The van der Waals surface area contributed by atoms with Crippen molar-refractivity contribution in [3.05, 3.63) is 76.8 Å². The summed E-state index contributed by atoms with van der Waals surface area (Å²) in [7, 11) is 1.60. The summed E-state index contributed by atoms with van der Waals surface area (Å²) in [5, 5.41) is 10.7. The van der Waals surface area contributed by atoms with Gasteiger partial charge in [-0.15, -0.1) is 0 Å². The van der Waals surface area contributed by atoms with Crippen LogP contribution in [0, 0.1) is 0 Å². The van der Waals surface area contributed by atoms with E-state index >= 15 is 0 Å². The van der Waals surface area contributed by atoms with Crippen LogP contribution in [0.1, 0.15) is 17.3 Å². The second-order valence-corrected chi connectivity index (χ2v) is 8.17. The molecule has 1 amide bonds. The first-order valence-electron chi connectivity index (χ1n) is 8.97. The number of thiocarbonyl (C=S) groups is 1. The van der Waals surface area contributed by atoms with Gasteiger partial charge in [-0.3, -0.25) is 9.69 Å². The fourth-order valence-corrected chi connectivity index (χ4v) is 4.50. The second kappa shape index (κ2) is 8.25. The zero-order valence-corrected chi connectivity index (χ0v) is 17.4. The van der Waals surface area contributed by atoms with Crippen LogP contribution in [0.15, 0.2) is 65.6 Å². The molecule has 0 aliphatic carbocycles. The third-order valence-corrected chi connectivity index (χ3v) is 5.96. The summed E-state index contributed by atoms with van der Waals surface area (Å²) in [6.45, 7) is 0. The minimum Gasteiger partial charge on any atom is -0.497 e. The Morgan fingerprint density at radius 2 is 1.97 bits per heavy atom. The Labute approximate surface area is 182 Å². The van der Waals surface area contributed by atoms with Gasteiger partial charge in [0.15, 0.2) is 6.04 Å². The molecule has 0 unspecified atom stereocenters. The van der Waals surface area contributed by atoms with Gasteiger partial charge < -0.3 is 9.84 Å². The van der Waals surface area contributed by atoms with Crippen LogP contribution in [-0.2, 0) is 9.59 Å². The van der Waals surface area contributed by atoms with Crippen LogP contribution < -0.4 is 4.74 Å². The molecule has 1 aromatic heterocycles. The van der Waals surface area contributed by atoms with E-state index in [2.05, 4.69) is 4.98 Å². The minimum absolute atomic E-state index is 0.202. The van der Waals surface area contributed by atoms with E-state index in [1.54, 1.807) is 49.6 Å². The lowest BCUT2D eigenvalue weighted by Gasteiger charge is -2.23. The van der Waals surface area contributed by atoms with E-state index in [1.807, 2.05) is 24.3 Å². The molecule has 0 spiro atoms. The van der Waals surface area contributed by atoms with Crippen LogP contribution in [0.3, 0.4) is 0 Å². The molecule has 30 heavy (non-hydrogen) atoms. The molecule has 6 nitrogen and oxygen atoms in total. The minimum atomic E-state index is -1.18. The molecule has 1 aliphatic heterocycles. The molecule has 0 bridgehead atoms. The van der Waals surface area contributed by atoms with Gasteiger partial charge in [-0.1, -0.05) is 60.4 Å². The molecule has 1 N–H and O–H groups in total. The Balaban J connectivity index is 1.67. The maximum Gasteiger partial charge on any atom is 0.331 e. The summed E-state index contributed by atoms with van der Waals surface area (Å²) in [6.07, 6.45) is 1.63. The number of aromatic nitrogens is 1. The lowest BCUT2D eigenvalue weighted by atomic mass is 10.1. The summed E-state index contributed by atoms with van der Waals surface area (Å²) >= 11 is 6.41. The summed E-state index contributed by atoms with van der Waals surface area (Å²) in [6, 6.07) is 16.6. The number of fused-ring (bicyclic) bond motifs is 1. The molecule has 1 atom stereocenters. The monoisotopic (exact) mass is 436 g/mol. The van der Waals surface area contributed by atoms with Crippen LogP contribution in [0.2, 0.25) is 0 Å². The van der Waals surface area contributed by atoms with Gasteiger partial charge in [0.25, 0.3) is 5.91 Å². The Morgan fingerprint density at radius 1 is 1.20 bits per heavy atom. The van der Waals surface area contributed by atoms with Crippen LogP contribution in [0.25, 0.3) is 17.0 Å². The standard InChI is InChI=1S/C22H16N2O4S2/c1-28-16-9-10-17-14(11-16)7-8-15(23-17)12-18-20(25)24(22(29)30-18)19(21(26)27)13-5-3-2-4-6-13/h2-12,19H,1H3,(H,26,27)/b18-12-/t19-/m0/s1. The Bertz CT molecular complexity index is 1190. The summed E-state index contributed by atoms with van der Waals surface area (Å²) < 4.78 is 5.42. The number of carboxylic acids is 1. The summed E-state index contributed by atoms with van der Waals surface area (Å²) in [5.41, 5.74) is 1.83. The van der Waals surface area contributed by atoms with E-state index in [9.17, 15) is 14.7 Å². The average molecular weight is 437 g/mol. The number of carboxylic acid groups (broad SMARTS) is 1. The number of ether oxygens (including phenoxy) is 1. The van der Waals surface area contributed by atoms with Crippen LogP contribution in [0.4, 0.5) is 0 Å². The number of methoxy groups -OCH3 is 1. The fraction of sp³-hybridized carbons (Fsp3) is 0.0909. The predicted molar refractivity (Wildman–Crippen MR) is 120 cm³/mol. The van der Waals surface area contributed by atoms with Crippen LogP contribution >= 0.6 is 24.0 Å². The summed E-state index contributed by atoms with van der Waals surface area (Å²) in [4.78, 5) is 31.0. The molecule has 0 radical (unpaired) electrons. The first-order valence-corrected chi connectivity index (χ1v) is 10.2. The van der Waals surface area contributed by atoms with Crippen molar-refractivity contribution in [2.75, 3.05) is 7.11 Å². The smallest absolute Gasteiger partial charge is 0.331 e. The molecule has 150 valence electrons. The molecular formula is C22H16N2O4S2. The first-order chi connectivity index (χ1) is 14.5. The number of nitrogens with zero attached hydrogens (tertiary/aromatic N) is 2. The fourth-order valence-electron chi connectivity index (χ4n) is 3.20. The molecule has 2 aromatic carbocycles. The Morgan fingerprint density at radius 3 is 2.67 bits per heavy atom. The van der Waals surface area contributed by atoms with E-state index in [0.717, 1.165) is 33.3 Å². The topological polar surface area (TPSA) is 79.7 Å². The number of hydrogen-bond donors (Lipinski definition) is 1. The first kappa shape index (κ1) is 20.1. The van der Waals surface area contributed by atoms with Crippen LogP contribution in [0.5, 0.6) is 5.75 Å². The number of benzene rings is 2. The van der Waals surface area contributed by atoms with E-state index in [-0.39, 0.29) is 4.32 Å². The van der Waals surface area contributed by atoms with E-state index < -0.39 is 17.9 Å². The number of amides is 1. The van der Waals surface area contributed by atoms with E-state index in [4.69, 9.17) is 17.0 Å². The van der Waals surface area contributed by atoms with Crippen molar-refractivity contribution in [3.8, 4) is 5.75 Å². The molecule has 0 saturated carbocycles. The molecule has 2 heterocycles. The predicted octanol–water partition coefficient (Wildman–Crippen LogP) is 4.27. The van der Waals surface area contributed by atoms with Gasteiger partial charge in [0, 0.05) is 5.39 Å². The normalized spacial score (nSPS) is 16.3. The van der Waals surface area contributed by atoms with Crippen molar-refractivity contribution in [2.24, 2.45) is 0 Å². The molecular weight excluding hydrogens is 420 g/mol. The number of carbonyl (C=O) groups excluding carboxylic acids is 1. The van der Waals surface area contributed by atoms with Gasteiger partial charge >= 0.3 is 5.97 Å². The SMILES string of the molecule is COc1ccc2nc(/C=C3\SC(=S)N([C@H](C(=O)O)c4ccccc4)C3=O)ccc2c1. The maximum atomic E-state index is 13.0. The average Bonchev–Trinajstić information content (AvgIpc) is 3.02. The van der Waals surface area contributed by atoms with Crippen molar-refractivity contribution in [1.82, 2.24) is 9.88 Å². The number of hydrogen-bond acceptors (Lipinski definition) is 6. The maximum absolute atomic E-state index is 13.0. The lowest BCUT2D eigenvalue weighted by Crippen LogP contribution is -2.37. The molecule has 1 fully saturated rings. The Hall–Kier alpha value is -3.23. The zero-order valence-electron chi connectivity index (χ0n) is 15.8. The van der Waals surface area contributed by atoms with E-state index in [0.29, 0.717) is 16.2 Å². The van der Waals surface area contributed by atoms with Gasteiger partial charge in [-0.2, -0.15) is 0 Å². The quantitative estimate of drug-likeness (QED) is 0.473. The molecule has 3 aromatic rings. The number of aliphatic carboxylic acids is 1. The third kappa shape index (κ3) is 3.79. The highest BCUT2D eigenvalue weighted by atomic mass is 32.2. The second-order valence-electron chi connectivity index (χ2n) is 6.50. The molecule has 4 rings (SSSR count). The zero-order chi connectivity index (χ0) is 21.3. The van der Waals surface area contributed by atoms with Crippen molar-refractivity contribution in [1.29, 1.82) is 0 Å². The number of rotatable bonds is 5. The largest absolute Gasteiger partial charge is 0.497 e. The molecule has 8 heteroatoms. The molecule has 1 aliphatic rings.